The van der Waals surface area contributed by atoms with Crippen molar-refractivity contribution in [3.8, 4) is 12.3 Å². The summed E-state index contributed by atoms with van der Waals surface area (Å²) < 4.78 is 0. The second kappa shape index (κ2) is 7.63. The molecular formula is C10H19N. The predicted molar refractivity (Wildman–Crippen MR) is 50.5 cm³/mol. The minimum Gasteiger partial charge on any atom is -0.292 e. The molecule has 0 aliphatic heterocycles. The molecule has 11 heavy (non-hydrogen) atoms. The van der Waals surface area contributed by atoms with Crippen molar-refractivity contribution in [2.24, 2.45) is 0 Å². The van der Waals surface area contributed by atoms with E-state index in [1.54, 1.807) is 0 Å². The van der Waals surface area contributed by atoms with Crippen LogP contribution in [0.3, 0.4) is 0 Å². The van der Waals surface area contributed by atoms with Crippen LogP contribution in [0, 0.1) is 12.3 Å². The molecule has 0 bridgehead atoms. The summed E-state index contributed by atoms with van der Waals surface area (Å²) in [7, 11) is 0. The third kappa shape index (κ3) is 5.94. The van der Waals surface area contributed by atoms with Gasteiger partial charge < -0.3 is 0 Å². The summed E-state index contributed by atoms with van der Waals surface area (Å²) >= 11 is 0. The number of hydrogen-bond acceptors (Lipinski definition) is 1. The predicted octanol–water partition coefficient (Wildman–Crippen LogP) is 2.13. The van der Waals surface area contributed by atoms with Crippen LogP contribution in [0.4, 0.5) is 0 Å². The molecule has 0 aromatic carbocycles. The Morgan fingerprint density at radius 1 is 1.18 bits per heavy atom. The maximum Gasteiger partial charge on any atom is 0.0598 e. The largest absolute Gasteiger partial charge is 0.292 e. The molecule has 0 N–H and O–H groups in total. The van der Waals surface area contributed by atoms with Crippen LogP contribution in [-0.2, 0) is 0 Å². The van der Waals surface area contributed by atoms with Gasteiger partial charge in [-0.1, -0.05) is 26.2 Å². The van der Waals surface area contributed by atoms with E-state index in [0.29, 0.717) is 0 Å². The Labute approximate surface area is 70.8 Å². The fraction of sp³-hybridized carbons (Fsp3) is 0.800. The minimum absolute atomic E-state index is 0.813. The van der Waals surface area contributed by atoms with Crippen molar-refractivity contribution in [1.82, 2.24) is 4.90 Å². The van der Waals surface area contributed by atoms with Gasteiger partial charge in [0.05, 0.1) is 6.54 Å². The van der Waals surface area contributed by atoms with Gasteiger partial charge in [0.2, 0.25) is 0 Å². The highest BCUT2D eigenvalue weighted by molar-refractivity contribution is 4.87. The number of hydrogen-bond donors (Lipinski definition) is 0. The Balaban J connectivity index is 3.44. The SMILES string of the molecule is C#CCN(CCC)CCCC. The molecule has 0 amide bonds. The number of rotatable bonds is 6. The zero-order valence-electron chi connectivity index (χ0n) is 7.77. The summed E-state index contributed by atoms with van der Waals surface area (Å²) in [6.07, 6.45) is 8.96. The Morgan fingerprint density at radius 3 is 2.36 bits per heavy atom. The lowest BCUT2D eigenvalue weighted by Gasteiger charge is -2.17. The van der Waals surface area contributed by atoms with E-state index in [0.717, 1.165) is 19.6 Å². The molecule has 0 saturated carbocycles. The molecule has 0 unspecified atom stereocenters. The Hall–Kier alpha value is -0.480. The van der Waals surface area contributed by atoms with Gasteiger partial charge in [-0.05, 0) is 25.9 Å². The molecule has 64 valence electrons. The summed E-state index contributed by atoms with van der Waals surface area (Å²) in [5.74, 6) is 2.69. The average molecular weight is 153 g/mol. The van der Waals surface area contributed by atoms with Crippen molar-refractivity contribution >= 4 is 0 Å². The smallest absolute Gasteiger partial charge is 0.0598 e. The number of terminal acetylenes is 1. The van der Waals surface area contributed by atoms with Crippen LogP contribution in [0.25, 0.3) is 0 Å². The first-order valence-corrected chi connectivity index (χ1v) is 4.51. The fourth-order valence-electron chi connectivity index (χ4n) is 1.10. The Bertz CT molecular complexity index is 113. The lowest BCUT2D eigenvalue weighted by molar-refractivity contribution is 0.302. The molecule has 0 atom stereocenters. The van der Waals surface area contributed by atoms with E-state index in [2.05, 4.69) is 24.7 Å². The van der Waals surface area contributed by atoms with Gasteiger partial charge in [-0.3, -0.25) is 4.90 Å². The van der Waals surface area contributed by atoms with Crippen LogP contribution in [0.15, 0.2) is 0 Å². The second-order valence-electron chi connectivity index (χ2n) is 2.83. The molecule has 1 heteroatoms. The van der Waals surface area contributed by atoms with Crippen LogP contribution >= 0.6 is 0 Å². The van der Waals surface area contributed by atoms with Gasteiger partial charge in [-0.2, -0.15) is 0 Å². The third-order valence-electron chi connectivity index (χ3n) is 1.68. The van der Waals surface area contributed by atoms with Crippen LogP contribution in [0.2, 0.25) is 0 Å². The lowest BCUT2D eigenvalue weighted by atomic mass is 10.3. The van der Waals surface area contributed by atoms with E-state index in [1.807, 2.05) is 0 Å². The standard InChI is InChI=1S/C10H19N/c1-4-7-10-11(8-5-2)9-6-3/h2H,4,6-10H2,1,3H3. The van der Waals surface area contributed by atoms with Gasteiger partial charge in [0.1, 0.15) is 0 Å². The van der Waals surface area contributed by atoms with Crippen molar-refractivity contribution in [2.45, 2.75) is 33.1 Å². The molecule has 1 nitrogen and oxygen atoms in total. The molecular weight excluding hydrogens is 134 g/mol. The fourth-order valence-corrected chi connectivity index (χ4v) is 1.10. The molecule has 0 saturated heterocycles. The summed E-state index contributed by atoms with van der Waals surface area (Å²) in [4.78, 5) is 2.34. The number of unbranched alkanes of at least 4 members (excludes halogenated alkanes) is 1. The van der Waals surface area contributed by atoms with E-state index in [-0.39, 0.29) is 0 Å². The van der Waals surface area contributed by atoms with E-state index in [1.165, 1.54) is 19.3 Å². The quantitative estimate of drug-likeness (QED) is 0.528. The van der Waals surface area contributed by atoms with Gasteiger partial charge in [-0.25, -0.2) is 0 Å². The van der Waals surface area contributed by atoms with E-state index >= 15 is 0 Å². The molecule has 0 fully saturated rings. The normalized spacial score (nSPS) is 10.0. The maximum atomic E-state index is 5.24. The topological polar surface area (TPSA) is 3.24 Å². The first-order chi connectivity index (χ1) is 5.35. The molecule has 0 radical (unpaired) electrons. The molecule has 0 aromatic heterocycles. The molecule has 0 heterocycles. The van der Waals surface area contributed by atoms with E-state index in [9.17, 15) is 0 Å². The molecule has 0 rings (SSSR count). The van der Waals surface area contributed by atoms with Crippen molar-refractivity contribution < 1.29 is 0 Å². The number of nitrogens with zero attached hydrogens (tertiary/aromatic N) is 1. The van der Waals surface area contributed by atoms with Gasteiger partial charge in [0, 0.05) is 0 Å². The van der Waals surface area contributed by atoms with Crippen molar-refractivity contribution in [1.29, 1.82) is 0 Å². The average Bonchev–Trinajstić information content (AvgIpc) is 2.01. The molecule has 0 aliphatic rings. The monoisotopic (exact) mass is 153 g/mol. The first kappa shape index (κ1) is 10.5. The van der Waals surface area contributed by atoms with Crippen molar-refractivity contribution in [3.63, 3.8) is 0 Å². The van der Waals surface area contributed by atoms with E-state index < -0.39 is 0 Å². The lowest BCUT2D eigenvalue weighted by Crippen LogP contribution is -2.25. The first-order valence-electron chi connectivity index (χ1n) is 4.51. The van der Waals surface area contributed by atoms with Gasteiger partial charge in [0.15, 0.2) is 0 Å². The highest BCUT2D eigenvalue weighted by Crippen LogP contribution is 1.95. The van der Waals surface area contributed by atoms with Crippen LogP contribution in [-0.4, -0.2) is 24.5 Å². The van der Waals surface area contributed by atoms with E-state index in [4.69, 9.17) is 6.42 Å². The maximum absolute atomic E-state index is 5.24. The summed E-state index contributed by atoms with van der Waals surface area (Å²) in [5.41, 5.74) is 0. The Kier molecular flexibility index (Phi) is 7.29. The summed E-state index contributed by atoms with van der Waals surface area (Å²) in [5, 5.41) is 0. The van der Waals surface area contributed by atoms with Gasteiger partial charge >= 0.3 is 0 Å². The van der Waals surface area contributed by atoms with Crippen molar-refractivity contribution in [3.05, 3.63) is 0 Å². The highest BCUT2D eigenvalue weighted by atomic mass is 15.1. The third-order valence-corrected chi connectivity index (χ3v) is 1.68. The van der Waals surface area contributed by atoms with Crippen molar-refractivity contribution in [2.75, 3.05) is 19.6 Å². The molecule has 0 aliphatic carbocycles. The van der Waals surface area contributed by atoms with Gasteiger partial charge in [-0.15, -0.1) is 6.42 Å². The summed E-state index contributed by atoms with van der Waals surface area (Å²) in [6.45, 7) is 7.52. The Morgan fingerprint density at radius 2 is 1.91 bits per heavy atom. The van der Waals surface area contributed by atoms with Gasteiger partial charge in [0.25, 0.3) is 0 Å². The van der Waals surface area contributed by atoms with Crippen LogP contribution < -0.4 is 0 Å². The highest BCUT2D eigenvalue weighted by Gasteiger charge is 1.98. The summed E-state index contributed by atoms with van der Waals surface area (Å²) in [6, 6.07) is 0. The minimum atomic E-state index is 0.813. The zero-order chi connectivity index (χ0) is 8.53. The van der Waals surface area contributed by atoms with Crippen LogP contribution in [0.5, 0.6) is 0 Å². The molecule has 0 aromatic rings. The van der Waals surface area contributed by atoms with Crippen LogP contribution in [0.1, 0.15) is 33.1 Å². The zero-order valence-corrected chi connectivity index (χ0v) is 7.77. The second-order valence-corrected chi connectivity index (χ2v) is 2.83. The molecule has 0 spiro atoms.